The lowest BCUT2D eigenvalue weighted by Crippen LogP contribution is -2.31. The highest BCUT2D eigenvalue weighted by atomic mass is 32.1. The van der Waals surface area contributed by atoms with Crippen LogP contribution in [0.3, 0.4) is 0 Å². The number of para-hydroxylation sites is 1. The standard InChI is InChI=1S/C15H21N3OS/c1-11(2)16-9-8-15(19)18(3)10-14-17-12-6-4-5-7-13(12)20-14/h4-7,11,16H,8-10H2,1-3H3. The second-order valence-corrected chi connectivity index (χ2v) is 6.30. The smallest absolute Gasteiger partial charge is 0.223 e. The maximum Gasteiger partial charge on any atom is 0.223 e. The topological polar surface area (TPSA) is 45.2 Å². The van der Waals surface area contributed by atoms with Gasteiger partial charge in [-0.1, -0.05) is 26.0 Å². The lowest BCUT2D eigenvalue weighted by atomic mass is 10.3. The summed E-state index contributed by atoms with van der Waals surface area (Å²) >= 11 is 1.65. The Hall–Kier alpha value is -1.46. The minimum Gasteiger partial charge on any atom is -0.339 e. The van der Waals surface area contributed by atoms with Crippen LogP contribution < -0.4 is 5.32 Å². The Morgan fingerprint density at radius 1 is 1.40 bits per heavy atom. The molecule has 0 saturated heterocycles. The maximum absolute atomic E-state index is 12.0. The Labute approximate surface area is 123 Å². The molecule has 1 aromatic heterocycles. The van der Waals surface area contributed by atoms with Crippen molar-refractivity contribution in [2.45, 2.75) is 32.9 Å². The average molecular weight is 291 g/mol. The summed E-state index contributed by atoms with van der Waals surface area (Å²) in [7, 11) is 1.84. The Kier molecular flexibility index (Phi) is 5.09. The molecule has 1 aromatic carbocycles. The number of amides is 1. The zero-order chi connectivity index (χ0) is 14.5. The Morgan fingerprint density at radius 2 is 2.15 bits per heavy atom. The summed E-state index contributed by atoms with van der Waals surface area (Å²) in [5.74, 6) is 0.150. The molecule has 108 valence electrons. The summed E-state index contributed by atoms with van der Waals surface area (Å²) in [5, 5.41) is 4.24. The molecule has 0 atom stereocenters. The molecule has 0 aliphatic carbocycles. The van der Waals surface area contributed by atoms with Crippen molar-refractivity contribution in [3.05, 3.63) is 29.3 Å². The third-order valence-corrected chi connectivity index (χ3v) is 4.05. The summed E-state index contributed by atoms with van der Waals surface area (Å²) < 4.78 is 1.17. The molecule has 0 spiro atoms. The van der Waals surface area contributed by atoms with Crippen molar-refractivity contribution in [3.63, 3.8) is 0 Å². The van der Waals surface area contributed by atoms with Gasteiger partial charge < -0.3 is 10.2 Å². The summed E-state index contributed by atoms with van der Waals surface area (Å²) in [5.41, 5.74) is 1.01. The highest BCUT2D eigenvalue weighted by Gasteiger charge is 2.11. The van der Waals surface area contributed by atoms with Gasteiger partial charge in [0.25, 0.3) is 0 Å². The summed E-state index contributed by atoms with van der Waals surface area (Å²) in [6, 6.07) is 8.47. The van der Waals surface area contributed by atoms with Gasteiger partial charge in [0.15, 0.2) is 0 Å². The van der Waals surface area contributed by atoms with E-state index < -0.39 is 0 Å². The molecule has 1 amide bonds. The summed E-state index contributed by atoms with van der Waals surface area (Å²) in [4.78, 5) is 18.3. The van der Waals surface area contributed by atoms with Crippen LogP contribution >= 0.6 is 11.3 Å². The number of hydrogen-bond donors (Lipinski definition) is 1. The molecule has 0 radical (unpaired) electrons. The minimum atomic E-state index is 0.150. The largest absolute Gasteiger partial charge is 0.339 e. The van der Waals surface area contributed by atoms with Crippen LogP contribution in [0.1, 0.15) is 25.3 Å². The van der Waals surface area contributed by atoms with E-state index in [9.17, 15) is 4.79 Å². The van der Waals surface area contributed by atoms with Crippen molar-refractivity contribution in [3.8, 4) is 0 Å². The van der Waals surface area contributed by atoms with E-state index in [-0.39, 0.29) is 5.91 Å². The van der Waals surface area contributed by atoms with Gasteiger partial charge in [-0.15, -0.1) is 11.3 Å². The highest BCUT2D eigenvalue weighted by molar-refractivity contribution is 7.18. The highest BCUT2D eigenvalue weighted by Crippen LogP contribution is 2.22. The Morgan fingerprint density at radius 3 is 2.85 bits per heavy atom. The van der Waals surface area contributed by atoms with Crippen molar-refractivity contribution in [1.29, 1.82) is 0 Å². The molecule has 20 heavy (non-hydrogen) atoms. The predicted molar refractivity (Wildman–Crippen MR) is 83.8 cm³/mol. The Bertz CT molecular complexity index is 546. The molecular weight excluding hydrogens is 270 g/mol. The normalized spacial score (nSPS) is 11.2. The van der Waals surface area contributed by atoms with E-state index in [1.807, 2.05) is 25.2 Å². The fraction of sp³-hybridized carbons (Fsp3) is 0.467. The van der Waals surface area contributed by atoms with E-state index in [1.165, 1.54) is 4.70 Å². The number of aromatic nitrogens is 1. The molecule has 2 aromatic rings. The van der Waals surface area contributed by atoms with Crippen molar-refractivity contribution < 1.29 is 4.79 Å². The summed E-state index contributed by atoms with van der Waals surface area (Å²) in [6.07, 6.45) is 0.527. The first kappa shape index (κ1) is 14.9. The molecule has 0 bridgehead atoms. The van der Waals surface area contributed by atoms with E-state index in [0.29, 0.717) is 19.0 Å². The second-order valence-electron chi connectivity index (χ2n) is 5.18. The number of benzene rings is 1. The first-order valence-corrected chi connectivity index (χ1v) is 7.69. The number of carbonyl (C=O) groups is 1. The molecule has 5 heteroatoms. The minimum absolute atomic E-state index is 0.150. The molecule has 4 nitrogen and oxygen atoms in total. The number of hydrogen-bond acceptors (Lipinski definition) is 4. The zero-order valence-electron chi connectivity index (χ0n) is 12.2. The van der Waals surface area contributed by atoms with E-state index in [2.05, 4.69) is 30.2 Å². The molecule has 1 N–H and O–H groups in total. The van der Waals surface area contributed by atoms with Gasteiger partial charge in [0, 0.05) is 26.1 Å². The van der Waals surface area contributed by atoms with Gasteiger partial charge >= 0.3 is 0 Å². The van der Waals surface area contributed by atoms with Gasteiger partial charge in [-0.3, -0.25) is 4.79 Å². The third-order valence-electron chi connectivity index (χ3n) is 3.03. The van der Waals surface area contributed by atoms with Crippen LogP contribution in [0.2, 0.25) is 0 Å². The number of nitrogens with zero attached hydrogens (tertiary/aromatic N) is 2. The summed E-state index contributed by atoms with van der Waals surface area (Å²) in [6.45, 7) is 5.46. The molecule has 0 aliphatic rings. The Balaban J connectivity index is 1.90. The first-order chi connectivity index (χ1) is 9.56. The van der Waals surface area contributed by atoms with Crippen molar-refractivity contribution in [2.24, 2.45) is 0 Å². The van der Waals surface area contributed by atoms with Crippen molar-refractivity contribution >= 4 is 27.5 Å². The van der Waals surface area contributed by atoms with Gasteiger partial charge in [0.1, 0.15) is 5.01 Å². The monoisotopic (exact) mass is 291 g/mol. The van der Waals surface area contributed by atoms with Crippen LogP contribution in [0, 0.1) is 0 Å². The molecule has 1 heterocycles. The van der Waals surface area contributed by atoms with Gasteiger partial charge in [-0.25, -0.2) is 4.98 Å². The fourth-order valence-electron chi connectivity index (χ4n) is 1.94. The van der Waals surface area contributed by atoms with Crippen LogP contribution in [0.15, 0.2) is 24.3 Å². The SMILES string of the molecule is CC(C)NCCC(=O)N(C)Cc1nc2ccccc2s1. The lowest BCUT2D eigenvalue weighted by Gasteiger charge is -2.16. The van der Waals surface area contributed by atoms with Crippen LogP contribution in [0.5, 0.6) is 0 Å². The molecule has 0 saturated carbocycles. The number of carbonyl (C=O) groups excluding carboxylic acids is 1. The van der Waals surface area contributed by atoms with Gasteiger partial charge in [-0.05, 0) is 12.1 Å². The number of nitrogens with one attached hydrogen (secondary N) is 1. The van der Waals surface area contributed by atoms with Crippen molar-refractivity contribution in [2.75, 3.05) is 13.6 Å². The van der Waals surface area contributed by atoms with Gasteiger partial charge in [0.2, 0.25) is 5.91 Å². The maximum atomic E-state index is 12.0. The van der Waals surface area contributed by atoms with E-state index in [1.54, 1.807) is 16.2 Å². The number of thiazole rings is 1. The van der Waals surface area contributed by atoms with Crippen LogP contribution in [0.4, 0.5) is 0 Å². The van der Waals surface area contributed by atoms with Gasteiger partial charge in [0.05, 0.1) is 16.8 Å². The second kappa shape index (κ2) is 6.81. The fourth-order valence-corrected chi connectivity index (χ4v) is 2.96. The predicted octanol–water partition coefficient (Wildman–Crippen LogP) is 2.64. The molecule has 2 rings (SSSR count). The van der Waals surface area contributed by atoms with Crippen LogP contribution in [-0.2, 0) is 11.3 Å². The molecular formula is C15H21N3OS. The van der Waals surface area contributed by atoms with Crippen LogP contribution in [0.25, 0.3) is 10.2 Å². The number of fused-ring (bicyclic) bond motifs is 1. The third kappa shape index (κ3) is 4.02. The first-order valence-electron chi connectivity index (χ1n) is 6.88. The van der Waals surface area contributed by atoms with Gasteiger partial charge in [-0.2, -0.15) is 0 Å². The molecule has 0 aliphatic heterocycles. The van der Waals surface area contributed by atoms with E-state index in [0.717, 1.165) is 17.1 Å². The molecule has 0 fully saturated rings. The van der Waals surface area contributed by atoms with E-state index >= 15 is 0 Å². The lowest BCUT2D eigenvalue weighted by molar-refractivity contribution is -0.130. The van der Waals surface area contributed by atoms with Crippen molar-refractivity contribution in [1.82, 2.24) is 15.2 Å². The average Bonchev–Trinajstić information content (AvgIpc) is 2.80. The number of rotatable bonds is 6. The van der Waals surface area contributed by atoms with Crippen LogP contribution in [-0.4, -0.2) is 35.4 Å². The quantitative estimate of drug-likeness (QED) is 0.890. The molecule has 0 unspecified atom stereocenters. The van der Waals surface area contributed by atoms with E-state index in [4.69, 9.17) is 0 Å². The zero-order valence-corrected chi connectivity index (χ0v) is 13.0.